The minimum atomic E-state index is -4.39. The predicted molar refractivity (Wildman–Crippen MR) is 92.9 cm³/mol. The molecule has 25 heavy (non-hydrogen) atoms. The number of benzene rings is 2. The van der Waals surface area contributed by atoms with Gasteiger partial charge >= 0.3 is 6.18 Å². The van der Waals surface area contributed by atoms with Gasteiger partial charge in [-0.15, -0.1) is 0 Å². The van der Waals surface area contributed by atoms with E-state index in [2.05, 4.69) is 25.2 Å². The van der Waals surface area contributed by atoms with Crippen LogP contribution in [0.1, 0.15) is 40.9 Å². The van der Waals surface area contributed by atoms with Gasteiger partial charge in [0.2, 0.25) is 0 Å². The van der Waals surface area contributed by atoms with E-state index < -0.39 is 11.7 Å². The number of allylic oxidation sites excluding steroid dienone is 1. The monoisotopic (exact) mass is 347 g/mol. The fourth-order valence-electron chi connectivity index (χ4n) is 2.19. The summed E-state index contributed by atoms with van der Waals surface area (Å²) in [6.45, 7) is 4.19. The summed E-state index contributed by atoms with van der Waals surface area (Å²) >= 11 is 0. The van der Waals surface area contributed by atoms with Crippen molar-refractivity contribution in [1.29, 1.82) is 0 Å². The number of carbonyl (C=O) groups is 1. The Morgan fingerprint density at radius 3 is 2.40 bits per heavy atom. The molecule has 0 bridgehead atoms. The first-order chi connectivity index (χ1) is 11.8. The second-order valence-electron chi connectivity index (χ2n) is 6.11. The van der Waals surface area contributed by atoms with Crippen LogP contribution in [0.15, 0.2) is 54.6 Å². The van der Waals surface area contributed by atoms with Crippen molar-refractivity contribution in [1.82, 2.24) is 5.32 Å². The summed E-state index contributed by atoms with van der Waals surface area (Å²) in [6, 6.07) is 12.0. The maximum absolute atomic E-state index is 12.7. The van der Waals surface area contributed by atoms with Crippen molar-refractivity contribution in [2.24, 2.45) is 5.92 Å². The van der Waals surface area contributed by atoms with Crippen LogP contribution in [0.4, 0.5) is 13.2 Å². The van der Waals surface area contributed by atoms with Crippen LogP contribution in [-0.4, -0.2) is 5.91 Å². The Kier molecular flexibility index (Phi) is 6.02. The molecule has 2 aromatic carbocycles. The van der Waals surface area contributed by atoms with Crippen LogP contribution in [-0.2, 0) is 12.7 Å². The molecule has 132 valence electrons. The molecule has 2 aromatic rings. The van der Waals surface area contributed by atoms with Gasteiger partial charge in [0.25, 0.3) is 5.91 Å². The van der Waals surface area contributed by atoms with Crippen molar-refractivity contribution in [3.8, 4) is 0 Å². The SMILES string of the molecule is CC(C)/C=C/c1ccc(C(=O)NCc2cccc(C(F)(F)F)c2)cc1. The molecule has 0 aromatic heterocycles. The van der Waals surface area contributed by atoms with E-state index in [1.165, 1.54) is 6.07 Å². The van der Waals surface area contributed by atoms with E-state index in [-0.39, 0.29) is 12.5 Å². The summed E-state index contributed by atoms with van der Waals surface area (Å²) in [7, 11) is 0. The number of halogens is 3. The third kappa shape index (κ3) is 5.78. The normalized spacial score (nSPS) is 11.9. The average molecular weight is 347 g/mol. The van der Waals surface area contributed by atoms with Crippen molar-refractivity contribution in [3.63, 3.8) is 0 Å². The van der Waals surface area contributed by atoms with Gasteiger partial charge in [-0.1, -0.05) is 50.3 Å². The highest BCUT2D eigenvalue weighted by molar-refractivity contribution is 5.94. The van der Waals surface area contributed by atoms with Crippen LogP contribution in [0.2, 0.25) is 0 Å². The van der Waals surface area contributed by atoms with E-state index in [1.807, 2.05) is 18.2 Å². The van der Waals surface area contributed by atoms with Gasteiger partial charge < -0.3 is 5.32 Å². The molecule has 0 unspecified atom stereocenters. The Balaban J connectivity index is 1.98. The topological polar surface area (TPSA) is 29.1 Å². The number of amides is 1. The van der Waals surface area contributed by atoms with Gasteiger partial charge in [-0.05, 0) is 41.3 Å². The zero-order valence-corrected chi connectivity index (χ0v) is 14.1. The van der Waals surface area contributed by atoms with Gasteiger partial charge in [-0.3, -0.25) is 4.79 Å². The van der Waals surface area contributed by atoms with Crippen molar-refractivity contribution in [3.05, 3.63) is 76.9 Å². The maximum atomic E-state index is 12.7. The molecule has 1 amide bonds. The van der Waals surface area contributed by atoms with E-state index >= 15 is 0 Å². The number of hydrogen-bond donors (Lipinski definition) is 1. The van der Waals surface area contributed by atoms with Crippen LogP contribution < -0.4 is 5.32 Å². The lowest BCUT2D eigenvalue weighted by molar-refractivity contribution is -0.137. The van der Waals surface area contributed by atoms with Crippen LogP contribution in [0.25, 0.3) is 6.08 Å². The molecule has 0 saturated heterocycles. The minimum Gasteiger partial charge on any atom is -0.348 e. The average Bonchev–Trinajstić information content (AvgIpc) is 2.58. The van der Waals surface area contributed by atoms with Crippen molar-refractivity contribution >= 4 is 12.0 Å². The number of nitrogens with one attached hydrogen (secondary N) is 1. The number of rotatable bonds is 5. The largest absolute Gasteiger partial charge is 0.416 e. The summed E-state index contributed by atoms with van der Waals surface area (Å²) in [5, 5.41) is 2.64. The van der Waals surface area contributed by atoms with Crippen LogP contribution in [0, 0.1) is 5.92 Å². The molecule has 1 N–H and O–H groups in total. The lowest BCUT2D eigenvalue weighted by atomic mass is 10.1. The molecule has 2 nitrogen and oxygen atoms in total. The summed E-state index contributed by atoms with van der Waals surface area (Å²) in [5.41, 5.74) is 1.14. The first kappa shape index (κ1) is 18.8. The predicted octanol–water partition coefficient (Wildman–Crippen LogP) is 5.30. The Bertz CT molecular complexity index is 746. The zero-order chi connectivity index (χ0) is 18.4. The summed E-state index contributed by atoms with van der Waals surface area (Å²) in [5.74, 6) is 0.118. The Hall–Kier alpha value is -2.56. The van der Waals surface area contributed by atoms with Gasteiger partial charge in [-0.25, -0.2) is 0 Å². The van der Waals surface area contributed by atoms with E-state index in [9.17, 15) is 18.0 Å². The van der Waals surface area contributed by atoms with E-state index in [0.717, 1.165) is 17.7 Å². The first-order valence-electron chi connectivity index (χ1n) is 7.98. The quantitative estimate of drug-likeness (QED) is 0.781. The molecule has 0 atom stereocenters. The first-order valence-corrected chi connectivity index (χ1v) is 7.98. The summed E-state index contributed by atoms with van der Waals surface area (Å²) in [6.07, 6.45) is -0.350. The van der Waals surface area contributed by atoms with Gasteiger partial charge in [0.05, 0.1) is 5.56 Å². The fraction of sp³-hybridized carbons (Fsp3) is 0.250. The molecule has 0 aliphatic rings. The summed E-state index contributed by atoms with van der Waals surface area (Å²) in [4.78, 5) is 12.1. The van der Waals surface area contributed by atoms with Gasteiger partial charge in [0.15, 0.2) is 0 Å². The van der Waals surface area contributed by atoms with Crippen molar-refractivity contribution in [2.75, 3.05) is 0 Å². The molecule has 2 rings (SSSR count). The van der Waals surface area contributed by atoms with E-state index in [1.54, 1.807) is 18.2 Å². The van der Waals surface area contributed by atoms with Gasteiger partial charge in [0.1, 0.15) is 0 Å². The molecule has 0 fully saturated rings. The second kappa shape index (κ2) is 8.01. The maximum Gasteiger partial charge on any atom is 0.416 e. The van der Waals surface area contributed by atoms with Gasteiger partial charge in [-0.2, -0.15) is 13.2 Å². The molecule has 0 aliphatic carbocycles. The Labute approximate surface area is 145 Å². The Morgan fingerprint density at radius 2 is 1.80 bits per heavy atom. The smallest absolute Gasteiger partial charge is 0.348 e. The van der Waals surface area contributed by atoms with Crippen LogP contribution in [0.3, 0.4) is 0 Å². The molecule has 0 radical (unpaired) electrons. The number of alkyl halides is 3. The van der Waals surface area contributed by atoms with Crippen molar-refractivity contribution in [2.45, 2.75) is 26.6 Å². The molecule has 0 aliphatic heterocycles. The third-order valence-corrected chi connectivity index (χ3v) is 3.55. The van der Waals surface area contributed by atoms with Crippen LogP contribution >= 0.6 is 0 Å². The molecule has 5 heteroatoms. The number of hydrogen-bond acceptors (Lipinski definition) is 1. The van der Waals surface area contributed by atoms with Crippen LogP contribution in [0.5, 0.6) is 0 Å². The minimum absolute atomic E-state index is 0.0394. The highest BCUT2D eigenvalue weighted by Gasteiger charge is 2.30. The van der Waals surface area contributed by atoms with E-state index in [4.69, 9.17) is 0 Å². The Morgan fingerprint density at radius 1 is 1.12 bits per heavy atom. The molecule has 0 heterocycles. The lowest BCUT2D eigenvalue weighted by Crippen LogP contribution is -2.23. The second-order valence-corrected chi connectivity index (χ2v) is 6.11. The molecule has 0 spiro atoms. The highest BCUT2D eigenvalue weighted by Crippen LogP contribution is 2.29. The third-order valence-electron chi connectivity index (χ3n) is 3.55. The standard InChI is InChI=1S/C20H20F3NO/c1-14(2)6-7-15-8-10-17(11-9-15)19(25)24-13-16-4-3-5-18(12-16)20(21,22)23/h3-12,14H,13H2,1-2H3,(H,24,25)/b7-6+. The van der Waals surface area contributed by atoms with E-state index in [0.29, 0.717) is 17.0 Å². The van der Waals surface area contributed by atoms with Crippen molar-refractivity contribution < 1.29 is 18.0 Å². The molecule has 0 saturated carbocycles. The highest BCUT2D eigenvalue weighted by atomic mass is 19.4. The molecular weight excluding hydrogens is 327 g/mol. The van der Waals surface area contributed by atoms with Gasteiger partial charge in [0, 0.05) is 12.1 Å². The lowest BCUT2D eigenvalue weighted by Gasteiger charge is -2.10. The fourth-order valence-corrected chi connectivity index (χ4v) is 2.19. The molecular formula is C20H20F3NO. The summed E-state index contributed by atoms with van der Waals surface area (Å²) < 4.78 is 38.1. The zero-order valence-electron chi connectivity index (χ0n) is 14.1. The number of carbonyl (C=O) groups excluding carboxylic acids is 1.